The van der Waals surface area contributed by atoms with Crippen LogP contribution in [-0.4, -0.2) is 0 Å². The molecule has 0 aromatic heterocycles. The first-order valence-corrected chi connectivity index (χ1v) is 9.54. The van der Waals surface area contributed by atoms with E-state index in [0.717, 1.165) is 6.42 Å². The average Bonchev–Trinajstić information content (AvgIpc) is 3.04. The molecule has 0 amide bonds. The van der Waals surface area contributed by atoms with Crippen LogP contribution in [0.2, 0.25) is 0 Å². The maximum Gasteiger partial charge on any atom is -0.0103 e. The Morgan fingerprint density at radius 3 is 2.78 bits per heavy atom. The maximum atomic E-state index is 2.50. The zero-order valence-corrected chi connectivity index (χ0v) is 15.4. The van der Waals surface area contributed by atoms with Gasteiger partial charge in [0, 0.05) is 0 Å². The summed E-state index contributed by atoms with van der Waals surface area (Å²) in [6, 6.07) is 0. The van der Waals surface area contributed by atoms with Gasteiger partial charge in [0.25, 0.3) is 0 Å². The summed E-state index contributed by atoms with van der Waals surface area (Å²) in [5, 5.41) is 0. The van der Waals surface area contributed by atoms with E-state index in [0.29, 0.717) is 11.3 Å². The SMILES string of the molecule is CC/C=C\C=C(/CC)C(CC1=CCCC1)CC1(C)C=CC=CC1. The molecule has 0 spiro atoms. The van der Waals surface area contributed by atoms with Crippen molar-refractivity contribution in [3.8, 4) is 0 Å². The first-order valence-electron chi connectivity index (χ1n) is 9.54. The molecular weight excluding hydrogens is 276 g/mol. The highest BCUT2D eigenvalue weighted by molar-refractivity contribution is 5.22. The third kappa shape index (κ3) is 5.68. The highest BCUT2D eigenvalue weighted by atomic mass is 14.3. The Labute approximate surface area is 143 Å². The molecule has 0 bridgehead atoms. The van der Waals surface area contributed by atoms with Crippen LogP contribution in [0.3, 0.4) is 0 Å². The van der Waals surface area contributed by atoms with Crippen LogP contribution in [0.15, 0.2) is 59.8 Å². The standard InChI is InChI=1S/C23H34/c1-4-6-8-15-21(5-2)22(18-20-13-9-10-14-20)19-23(3)16-11-7-12-17-23/h6-8,11-13,15-16,22H,4-5,9-10,14,17-19H2,1-3H3/b8-6-,21-15+. The monoisotopic (exact) mass is 310 g/mol. The third-order valence-electron chi connectivity index (χ3n) is 5.30. The average molecular weight is 311 g/mol. The van der Waals surface area contributed by atoms with Gasteiger partial charge >= 0.3 is 0 Å². The van der Waals surface area contributed by atoms with Crippen LogP contribution >= 0.6 is 0 Å². The molecule has 0 N–H and O–H groups in total. The summed E-state index contributed by atoms with van der Waals surface area (Å²) in [6.07, 6.45) is 28.6. The molecule has 2 unspecified atom stereocenters. The van der Waals surface area contributed by atoms with Gasteiger partial charge in [-0.3, -0.25) is 0 Å². The van der Waals surface area contributed by atoms with E-state index in [-0.39, 0.29) is 0 Å². The van der Waals surface area contributed by atoms with Gasteiger partial charge in [0.05, 0.1) is 0 Å². The maximum absolute atomic E-state index is 2.50. The highest BCUT2D eigenvalue weighted by Gasteiger charge is 2.28. The van der Waals surface area contributed by atoms with E-state index >= 15 is 0 Å². The molecule has 2 atom stereocenters. The molecule has 0 heterocycles. The van der Waals surface area contributed by atoms with Crippen LogP contribution in [0.4, 0.5) is 0 Å². The molecule has 0 saturated heterocycles. The van der Waals surface area contributed by atoms with E-state index in [1.165, 1.54) is 44.9 Å². The van der Waals surface area contributed by atoms with Crippen molar-refractivity contribution in [2.24, 2.45) is 11.3 Å². The van der Waals surface area contributed by atoms with E-state index in [4.69, 9.17) is 0 Å². The smallest absolute Gasteiger partial charge is 0.0103 e. The molecule has 0 radical (unpaired) electrons. The molecule has 0 aromatic rings. The minimum absolute atomic E-state index is 0.321. The molecular formula is C23H34. The molecule has 2 aliphatic carbocycles. The van der Waals surface area contributed by atoms with Crippen molar-refractivity contribution in [1.29, 1.82) is 0 Å². The highest BCUT2D eigenvalue weighted by Crippen LogP contribution is 2.41. The molecule has 0 heteroatoms. The van der Waals surface area contributed by atoms with Gasteiger partial charge in [0.1, 0.15) is 0 Å². The Morgan fingerprint density at radius 2 is 2.17 bits per heavy atom. The van der Waals surface area contributed by atoms with Gasteiger partial charge in [-0.1, -0.05) is 80.5 Å². The molecule has 2 rings (SSSR count). The third-order valence-corrected chi connectivity index (χ3v) is 5.30. The van der Waals surface area contributed by atoms with Gasteiger partial charge in [-0.2, -0.15) is 0 Å². The topological polar surface area (TPSA) is 0 Å². The van der Waals surface area contributed by atoms with Crippen LogP contribution in [-0.2, 0) is 0 Å². The molecule has 23 heavy (non-hydrogen) atoms. The van der Waals surface area contributed by atoms with Crippen molar-refractivity contribution < 1.29 is 0 Å². The first kappa shape index (κ1) is 18.0. The Bertz CT molecular complexity index is 512. The summed E-state index contributed by atoms with van der Waals surface area (Å²) >= 11 is 0. The number of allylic oxidation sites excluding steroid dienone is 10. The summed E-state index contributed by atoms with van der Waals surface area (Å²) in [7, 11) is 0. The molecule has 0 fully saturated rings. The van der Waals surface area contributed by atoms with Crippen molar-refractivity contribution in [1.82, 2.24) is 0 Å². The molecule has 126 valence electrons. The Hall–Kier alpha value is -1.30. The lowest BCUT2D eigenvalue weighted by molar-refractivity contribution is 0.325. The molecule has 0 aliphatic heterocycles. The van der Waals surface area contributed by atoms with Gasteiger partial charge in [-0.25, -0.2) is 0 Å². The summed E-state index contributed by atoms with van der Waals surface area (Å²) in [5.74, 6) is 0.687. The van der Waals surface area contributed by atoms with Crippen molar-refractivity contribution in [2.45, 2.75) is 72.1 Å². The lowest BCUT2D eigenvalue weighted by atomic mass is 9.72. The van der Waals surface area contributed by atoms with Crippen LogP contribution in [0, 0.1) is 11.3 Å². The van der Waals surface area contributed by atoms with Crippen LogP contribution in [0.25, 0.3) is 0 Å². The summed E-state index contributed by atoms with van der Waals surface area (Å²) < 4.78 is 0. The van der Waals surface area contributed by atoms with Gasteiger partial charge in [-0.15, -0.1) is 0 Å². The zero-order valence-electron chi connectivity index (χ0n) is 15.4. The largest absolute Gasteiger partial charge is 0.0853 e. The zero-order chi connectivity index (χ0) is 16.5. The minimum atomic E-state index is 0.321. The van der Waals surface area contributed by atoms with Crippen LogP contribution in [0.5, 0.6) is 0 Å². The fraction of sp³-hybridized carbons (Fsp3) is 0.565. The van der Waals surface area contributed by atoms with Crippen LogP contribution in [0.1, 0.15) is 72.1 Å². The molecule has 2 aliphatic rings. The Morgan fingerprint density at radius 1 is 1.30 bits per heavy atom. The predicted octanol–water partition coefficient (Wildman–Crippen LogP) is 7.32. The summed E-state index contributed by atoms with van der Waals surface area (Å²) in [4.78, 5) is 0. The van der Waals surface area contributed by atoms with Crippen molar-refractivity contribution in [3.05, 3.63) is 59.8 Å². The molecule has 0 saturated carbocycles. The summed E-state index contributed by atoms with van der Waals surface area (Å²) in [5.41, 5.74) is 3.65. The van der Waals surface area contributed by atoms with Crippen LogP contribution < -0.4 is 0 Å². The van der Waals surface area contributed by atoms with Gasteiger partial charge < -0.3 is 0 Å². The van der Waals surface area contributed by atoms with E-state index in [1.54, 1.807) is 11.1 Å². The lowest BCUT2D eigenvalue weighted by Crippen LogP contribution is -2.20. The fourth-order valence-electron chi connectivity index (χ4n) is 3.93. The van der Waals surface area contributed by atoms with Gasteiger partial charge in [0.15, 0.2) is 0 Å². The normalized spacial score (nSPS) is 26.0. The number of hydrogen-bond acceptors (Lipinski definition) is 0. The van der Waals surface area contributed by atoms with Crippen molar-refractivity contribution >= 4 is 0 Å². The molecule has 0 aromatic carbocycles. The second-order valence-electron chi connectivity index (χ2n) is 7.44. The predicted molar refractivity (Wildman–Crippen MR) is 103 cm³/mol. The minimum Gasteiger partial charge on any atom is -0.0853 e. The number of hydrogen-bond donors (Lipinski definition) is 0. The summed E-state index contributed by atoms with van der Waals surface area (Å²) in [6.45, 7) is 6.95. The quantitative estimate of drug-likeness (QED) is 0.325. The lowest BCUT2D eigenvalue weighted by Gasteiger charge is -2.33. The van der Waals surface area contributed by atoms with Gasteiger partial charge in [0.2, 0.25) is 0 Å². The second-order valence-corrected chi connectivity index (χ2v) is 7.44. The van der Waals surface area contributed by atoms with E-state index in [1.807, 2.05) is 0 Å². The fourth-order valence-corrected chi connectivity index (χ4v) is 3.93. The van der Waals surface area contributed by atoms with Crippen molar-refractivity contribution in [3.63, 3.8) is 0 Å². The second kappa shape index (κ2) is 9.11. The van der Waals surface area contributed by atoms with Gasteiger partial charge in [-0.05, 0) is 62.7 Å². The molecule has 0 nitrogen and oxygen atoms in total. The Balaban J connectivity index is 2.15. The van der Waals surface area contributed by atoms with Crippen molar-refractivity contribution in [2.75, 3.05) is 0 Å². The van der Waals surface area contributed by atoms with E-state index in [9.17, 15) is 0 Å². The number of rotatable bonds is 8. The Kier molecular flexibility index (Phi) is 7.15. The van der Waals surface area contributed by atoms with E-state index in [2.05, 4.69) is 69.4 Å². The first-order chi connectivity index (χ1) is 11.2. The van der Waals surface area contributed by atoms with E-state index < -0.39 is 0 Å².